The van der Waals surface area contributed by atoms with Gasteiger partial charge in [0.2, 0.25) is 0 Å². The molecule has 2 rings (SSSR count). The first kappa shape index (κ1) is 18.1. The second-order valence-corrected chi connectivity index (χ2v) is 4.91. The monoisotopic (exact) mass is 351 g/mol. The normalized spacial score (nSPS) is 10.2. The lowest BCUT2D eigenvalue weighted by Crippen LogP contribution is -2.32. The maximum Gasteiger partial charge on any atom is 0.292 e. The molecular formula is C16H15F2N3O4. The van der Waals surface area contributed by atoms with Crippen molar-refractivity contribution in [3.63, 3.8) is 0 Å². The molecule has 1 amide bonds. The summed E-state index contributed by atoms with van der Waals surface area (Å²) < 4.78 is 31.0. The molecule has 0 heterocycles. The zero-order valence-electron chi connectivity index (χ0n) is 13.0. The molecule has 25 heavy (non-hydrogen) atoms. The third-order valence-electron chi connectivity index (χ3n) is 3.12. The number of amides is 1. The summed E-state index contributed by atoms with van der Waals surface area (Å²) in [4.78, 5) is 22.0. The van der Waals surface area contributed by atoms with Crippen molar-refractivity contribution in [2.45, 2.75) is 0 Å². The Morgan fingerprint density at radius 2 is 1.92 bits per heavy atom. The molecule has 2 aromatic rings. The predicted octanol–water partition coefficient (Wildman–Crippen LogP) is 2.48. The average molecular weight is 351 g/mol. The number of hydrogen-bond acceptors (Lipinski definition) is 5. The van der Waals surface area contributed by atoms with Crippen LogP contribution in [0.1, 0.15) is 0 Å². The van der Waals surface area contributed by atoms with E-state index in [1.807, 2.05) is 0 Å². The third kappa shape index (κ3) is 5.41. The van der Waals surface area contributed by atoms with Gasteiger partial charge in [-0.2, -0.15) is 0 Å². The van der Waals surface area contributed by atoms with E-state index in [1.165, 1.54) is 6.07 Å². The van der Waals surface area contributed by atoms with Crippen molar-refractivity contribution in [2.24, 2.45) is 0 Å². The van der Waals surface area contributed by atoms with Crippen LogP contribution in [-0.2, 0) is 4.79 Å². The smallest absolute Gasteiger partial charge is 0.292 e. The Bertz CT molecular complexity index is 771. The van der Waals surface area contributed by atoms with Crippen molar-refractivity contribution >= 4 is 17.3 Å². The summed E-state index contributed by atoms with van der Waals surface area (Å²) in [6.07, 6.45) is 0. The molecule has 0 aliphatic carbocycles. The highest BCUT2D eigenvalue weighted by Crippen LogP contribution is 2.22. The maximum absolute atomic E-state index is 13.3. The molecule has 0 saturated heterocycles. The van der Waals surface area contributed by atoms with E-state index in [2.05, 4.69) is 10.6 Å². The van der Waals surface area contributed by atoms with Crippen LogP contribution < -0.4 is 15.4 Å². The maximum atomic E-state index is 13.3. The molecule has 0 spiro atoms. The molecule has 7 nitrogen and oxygen atoms in total. The summed E-state index contributed by atoms with van der Waals surface area (Å²) in [5, 5.41) is 16.2. The van der Waals surface area contributed by atoms with E-state index < -0.39 is 29.1 Å². The van der Waals surface area contributed by atoms with E-state index in [0.717, 1.165) is 12.1 Å². The minimum atomic E-state index is -0.897. The number of nitro groups is 1. The van der Waals surface area contributed by atoms with Gasteiger partial charge in [0.15, 0.2) is 18.2 Å². The Labute approximate surface area is 141 Å². The molecule has 0 radical (unpaired) electrons. The van der Waals surface area contributed by atoms with Gasteiger partial charge in [0, 0.05) is 25.2 Å². The Kier molecular flexibility index (Phi) is 6.21. The summed E-state index contributed by atoms with van der Waals surface area (Å²) in [5.41, 5.74) is 0.273. The van der Waals surface area contributed by atoms with Crippen LogP contribution in [0.4, 0.5) is 20.2 Å². The van der Waals surface area contributed by atoms with Gasteiger partial charge in [-0.15, -0.1) is 0 Å². The van der Waals surface area contributed by atoms with Gasteiger partial charge in [0.1, 0.15) is 11.5 Å². The fourth-order valence-electron chi connectivity index (χ4n) is 1.97. The van der Waals surface area contributed by atoms with Crippen LogP contribution in [-0.4, -0.2) is 30.5 Å². The van der Waals surface area contributed by atoms with Crippen molar-refractivity contribution in [1.29, 1.82) is 0 Å². The molecule has 0 fully saturated rings. The highest BCUT2D eigenvalue weighted by molar-refractivity contribution is 5.77. The molecule has 2 N–H and O–H groups in total. The third-order valence-corrected chi connectivity index (χ3v) is 3.12. The molecule has 0 atom stereocenters. The zero-order chi connectivity index (χ0) is 18.2. The fourth-order valence-corrected chi connectivity index (χ4v) is 1.97. The number of hydrogen-bond donors (Lipinski definition) is 2. The lowest BCUT2D eigenvalue weighted by molar-refractivity contribution is -0.384. The lowest BCUT2D eigenvalue weighted by atomic mass is 10.2. The van der Waals surface area contributed by atoms with Crippen molar-refractivity contribution in [3.05, 3.63) is 64.2 Å². The SMILES string of the molecule is O=C(COc1ccc(F)cc1F)NCCNc1ccccc1[N+](=O)[O-]. The molecule has 0 aliphatic rings. The summed E-state index contributed by atoms with van der Waals surface area (Å²) >= 11 is 0. The van der Waals surface area contributed by atoms with Crippen LogP contribution in [0.15, 0.2) is 42.5 Å². The van der Waals surface area contributed by atoms with Gasteiger partial charge in [-0.05, 0) is 18.2 Å². The van der Waals surface area contributed by atoms with E-state index in [-0.39, 0.29) is 24.5 Å². The van der Waals surface area contributed by atoms with Gasteiger partial charge in [-0.25, -0.2) is 8.78 Å². The van der Waals surface area contributed by atoms with Gasteiger partial charge < -0.3 is 15.4 Å². The van der Waals surface area contributed by atoms with Gasteiger partial charge in [0.05, 0.1) is 4.92 Å². The van der Waals surface area contributed by atoms with Crippen LogP contribution in [0, 0.1) is 21.7 Å². The number of rotatable bonds is 8. The number of anilines is 1. The van der Waals surface area contributed by atoms with E-state index in [4.69, 9.17) is 4.74 Å². The Morgan fingerprint density at radius 1 is 1.16 bits per heavy atom. The van der Waals surface area contributed by atoms with E-state index in [1.54, 1.807) is 18.2 Å². The number of halogens is 2. The molecule has 0 aromatic heterocycles. The van der Waals surface area contributed by atoms with Crippen molar-refractivity contribution in [2.75, 3.05) is 25.0 Å². The first-order chi connectivity index (χ1) is 12.0. The topological polar surface area (TPSA) is 93.5 Å². The molecule has 9 heteroatoms. The minimum Gasteiger partial charge on any atom is -0.481 e. The predicted molar refractivity (Wildman–Crippen MR) is 86.4 cm³/mol. The Morgan fingerprint density at radius 3 is 2.64 bits per heavy atom. The van der Waals surface area contributed by atoms with E-state index in [0.29, 0.717) is 11.8 Å². The number of carbonyl (C=O) groups is 1. The standard InChI is InChI=1S/C16H15F2N3O4/c17-11-5-6-15(12(18)9-11)25-10-16(22)20-8-7-19-13-3-1-2-4-14(13)21(23)24/h1-6,9,19H,7-8,10H2,(H,20,22). The summed E-state index contributed by atoms with van der Waals surface area (Å²) in [6.45, 7) is -0.00428. The van der Waals surface area contributed by atoms with Crippen molar-refractivity contribution < 1.29 is 23.2 Å². The number of nitro benzene ring substituents is 1. The highest BCUT2D eigenvalue weighted by atomic mass is 19.1. The molecule has 0 bridgehead atoms. The van der Waals surface area contributed by atoms with Gasteiger partial charge in [-0.1, -0.05) is 12.1 Å². The number of nitrogens with one attached hydrogen (secondary N) is 2. The minimum absolute atomic E-state index is 0.0658. The quantitative estimate of drug-likeness (QED) is 0.433. The van der Waals surface area contributed by atoms with E-state index >= 15 is 0 Å². The number of benzene rings is 2. The summed E-state index contributed by atoms with van der Waals surface area (Å²) in [5.74, 6) is -2.37. The van der Waals surface area contributed by atoms with E-state index in [9.17, 15) is 23.7 Å². The Hall–Kier alpha value is -3.23. The first-order valence-electron chi connectivity index (χ1n) is 7.29. The van der Waals surface area contributed by atoms with Gasteiger partial charge >= 0.3 is 0 Å². The fraction of sp³-hybridized carbons (Fsp3) is 0.188. The van der Waals surface area contributed by atoms with Crippen LogP contribution in [0.5, 0.6) is 5.75 Å². The second-order valence-electron chi connectivity index (χ2n) is 4.91. The molecule has 0 aliphatic heterocycles. The molecule has 0 saturated carbocycles. The number of carbonyl (C=O) groups excluding carboxylic acids is 1. The average Bonchev–Trinajstić information content (AvgIpc) is 2.58. The Balaban J connectivity index is 1.73. The molecule has 132 valence electrons. The number of ether oxygens (including phenoxy) is 1. The lowest BCUT2D eigenvalue weighted by Gasteiger charge is -2.09. The molecule has 0 unspecified atom stereocenters. The molecule has 2 aromatic carbocycles. The summed E-state index contributed by atoms with van der Waals surface area (Å²) in [7, 11) is 0. The first-order valence-corrected chi connectivity index (χ1v) is 7.29. The number of para-hydroxylation sites is 2. The molecular weight excluding hydrogens is 336 g/mol. The largest absolute Gasteiger partial charge is 0.481 e. The van der Waals surface area contributed by atoms with Crippen LogP contribution in [0.3, 0.4) is 0 Å². The van der Waals surface area contributed by atoms with Crippen LogP contribution in [0.2, 0.25) is 0 Å². The highest BCUT2D eigenvalue weighted by Gasteiger charge is 2.11. The van der Waals surface area contributed by atoms with Crippen molar-refractivity contribution in [3.8, 4) is 5.75 Å². The van der Waals surface area contributed by atoms with Gasteiger partial charge in [-0.3, -0.25) is 14.9 Å². The van der Waals surface area contributed by atoms with Crippen molar-refractivity contribution in [1.82, 2.24) is 5.32 Å². The van der Waals surface area contributed by atoms with Gasteiger partial charge in [0.25, 0.3) is 11.6 Å². The zero-order valence-corrected chi connectivity index (χ0v) is 13.0. The van der Waals surface area contributed by atoms with Crippen LogP contribution >= 0.6 is 0 Å². The second kappa shape index (κ2) is 8.57. The van der Waals surface area contributed by atoms with Crippen LogP contribution in [0.25, 0.3) is 0 Å². The number of nitrogens with zero attached hydrogens (tertiary/aromatic N) is 1. The summed E-state index contributed by atoms with van der Waals surface area (Å²) in [6, 6.07) is 8.90.